The summed E-state index contributed by atoms with van der Waals surface area (Å²) in [7, 11) is 1.63. The molecule has 3 rings (SSSR count). The Labute approximate surface area is 166 Å². The molecule has 3 nitrogen and oxygen atoms in total. The molecule has 0 N–H and O–H groups in total. The molecule has 2 heterocycles. The van der Waals surface area contributed by atoms with Crippen molar-refractivity contribution in [2.45, 2.75) is 0 Å². The molecule has 0 fully saturated rings. The first kappa shape index (κ1) is 17.7. The van der Waals surface area contributed by atoms with Crippen LogP contribution in [0.2, 0.25) is 10.3 Å². The van der Waals surface area contributed by atoms with Gasteiger partial charge in [-0.05, 0) is 55.6 Å². The number of ether oxygens (including phenoxy) is 1. The molecule has 122 valence electrons. The van der Waals surface area contributed by atoms with Crippen molar-refractivity contribution < 1.29 is 4.74 Å². The summed E-state index contributed by atoms with van der Waals surface area (Å²) in [6.45, 7) is 0. The summed E-state index contributed by atoms with van der Waals surface area (Å²) in [6, 6.07) is 9.42. The molecule has 0 aliphatic rings. The number of pyridine rings is 2. The Hall–Kier alpha value is -1.14. The highest BCUT2D eigenvalue weighted by molar-refractivity contribution is 9.11. The summed E-state index contributed by atoms with van der Waals surface area (Å²) < 4.78 is 6.83. The topological polar surface area (TPSA) is 35.0 Å². The maximum Gasteiger partial charge on any atom is 0.137 e. The molecule has 7 heteroatoms. The second-order valence-electron chi connectivity index (χ2n) is 4.86. The van der Waals surface area contributed by atoms with E-state index in [0.29, 0.717) is 10.3 Å². The van der Waals surface area contributed by atoms with E-state index in [1.54, 1.807) is 25.6 Å². The maximum absolute atomic E-state index is 6.42. The molecule has 0 aliphatic heterocycles. The standard InChI is InChI=1S/C17H10Br2Cl2N2O/c1-24-10-4-2-9(3-5-10)15-16(13(19)8-23-17(15)21)11-6-14(20)22-7-12(11)18/h2-8H,1H3. The van der Waals surface area contributed by atoms with Gasteiger partial charge in [-0.1, -0.05) is 35.3 Å². The molecule has 0 atom stereocenters. The third kappa shape index (κ3) is 3.45. The van der Waals surface area contributed by atoms with Crippen molar-refractivity contribution in [3.63, 3.8) is 0 Å². The van der Waals surface area contributed by atoms with E-state index >= 15 is 0 Å². The highest BCUT2D eigenvalue weighted by Gasteiger charge is 2.19. The molecule has 0 saturated carbocycles. The van der Waals surface area contributed by atoms with Crippen LogP contribution in [0, 0.1) is 0 Å². The van der Waals surface area contributed by atoms with Gasteiger partial charge in [-0.3, -0.25) is 0 Å². The minimum absolute atomic E-state index is 0.397. The van der Waals surface area contributed by atoms with Crippen LogP contribution >= 0.6 is 55.1 Å². The number of rotatable bonds is 3. The summed E-state index contributed by atoms with van der Waals surface area (Å²) in [5, 5.41) is 0.798. The molecule has 0 unspecified atom stereocenters. The predicted octanol–water partition coefficient (Wildman–Crippen LogP) is 6.65. The Kier molecular flexibility index (Phi) is 5.45. The van der Waals surface area contributed by atoms with E-state index in [9.17, 15) is 0 Å². The highest BCUT2D eigenvalue weighted by Crippen LogP contribution is 2.44. The van der Waals surface area contributed by atoms with Crippen LogP contribution in [0.15, 0.2) is 51.7 Å². The summed E-state index contributed by atoms with van der Waals surface area (Å²) in [6.07, 6.45) is 3.34. The minimum Gasteiger partial charge on any atom is -0.497 e. The Morgan fingerprint density at radius 2 is 1.58 bits per heavy atom. The van der Waals surface area contributed by atoms with Gasteiger partial charge in [0.2, 0.25) is 0 Å². The number of hydrogen-bond donors (Lipinski definition) is 0. The number of methoxy groups -OCH3 is 1. The minimum atomic E-state index is 0.397. The zero-order chi connectivity index (χ0) is 17.3. The van der Waals surface area contributed by atoms with Gasteiger partial charge < -0.3 is 4.74 Å². The molecule has 0 radical (unpaired) electrons. The zero-order valence-corrected chi connectivity index (χ0v) is 17.0. The van der Waals surface area contributed by atoms with Gasteiger partial charge in [0, 0.05) is 38.0 Å². The molecule has 0 saturated heterocycles. The van der Waals surface area contributed by atoms with Gasteiger partial charge in [0.25, 0.3) is 0 Å². The van der Waals surface area contributed by atoms with E-state index < -0.39 is 0 Å². The Morgan fingerprint density at radius 1 is 0.917 bits per heavy atom. The number of benzene rings is 1. The van der Waals surface area contributed by atoms with Crippen LogP contribution in [-0.4, -0.2) is 17.1 Å². The maximum atomic E-state index is 6.42. The number of hydrogen-bond acceptors (Lipinski definition) is 3. The van der Waals surface area contributed by atoms with E-state index in [1.807, 2.05) is 24.3 Å². The normalized spacial score (nSPS) is 10.7. The van der Waals surface area contributed by atoms with Crippen molar-refractivity contribution in [3.05, 3.63) is 62.0 Å². The molecule has 24 heavy (non-hydrogen) atoms. The third-order valence-corrected chi connectivity index (χ3v) is 5.18. The van der Waals surface area contributed by atoms with Crippen LogP contribution in [0.5, 0.6) is 5.75 Å². The summed E-state index contributed by atoms with van der Waals surface area (Å²) >= 11 is 19.6. The van der Waals surface area contributed by atoms with Crippen molar-refractivity contribution >= 4 is 55.1 Å². The number of halogens is 4. The average Bonchev–Trinajstić information content (AvgIpc) is 2.59. The molecule has 0 bridgehead atoms. The molecule has 0 spiro atoms. The summed E-state index contributed by atoms with van der Waals surface area (Å²) in [4.78, 5) is 8.34. The van der Waals surface area contributed by atoms with E-state index in [4.69, 9.17) is 27.9 Å². The Morgan fingerprint density at radius 3 is 2.25 bits per heavy atom. The lowest BCUT2D eigenvalue weighted by Gasteiger charge is -2.15. The molecular weight excluding hydrogens is 479 g/mol. The largest absolute Gasteiger partial charge is 0.497 e. The van der Waals surface area contributed by atoms with E-state index in [0.717, 1.165) is 36.9 Å². The lowest BCUT2D eigenvalue weighted by atomic mass is 9.97. The summed E-state index contributed by atoms with van der Waals surface area (Å²) in [5.74, 6) is 0.771. The van der Waals surface area contributed by atoms with E-state index in [2.05, 4.69) is 41.8 Å². The van der Waals surface area contributed by atoms with Gasteiger partial charge in [-0.2, -0.15) is 0 Å². The van der Waals surface area contributed by atoms with Gasteiger partial charge in [0.15, 0.2) is 0 Å². The second-order valence-corrected chi connectivity index (χ2v) is 7.32. The van der Waals surface area contributed by atoms with Crippen LogP contribution in [-0.2, 0) is 0 Å². The first-order valence-corrected chi connectivity index (χ1v) is 9.15. The lowest BCUT2D eigenvalue weighted by molar-refractivity contribution is 0.415. The van der Waals surface area contributed by atoms with Gasteiger partial charge >= 0.3 is 0 Å². The molecular formula is C17H10Br2Cl2N2O. The smallest absolute Gasteiger partial charge is 0.137 e. The number of aromatic nitrogens is 2. The average molecular weight is 489 g/mol. The van der Waals surface area contributed by atoms with Crippen LogP contribution in [0.25, 0.3) is 22.3 Å². The first-order chi connectivity index (χ1) is 11.5. The van der Waals surface area contributed by atoms with Gasteiger partial charge in [0.05, 0.1) is 7.11 Å². The van der Waals surface area contributed by atoms with Crippen molar-refractivity contribution in [2.24, 2.45) is 0 Å². The van der Waals surface area contributed by atoms with Crippen LogP contribution < -0.4 is 4.74 Å². The fourth-order valence-electron chi connectivity index (χ4n) is 2.35. The quantitative estimate of drug-likeness (QED) is 0.387. The molecule has 0 amide bonds. The van der Waals surface area contributed by atoms with E-state index in [-0.39, 0.29) is 0 Å². The lowest BCUT2D eigenvalue weighted by Crippen LogP contribution is -1.93. The SMILES string of the molecule is COc1ccc(-c2c(Cl)ncc(Br)c2-c2cc(Cl)ncc2Br)cc1. The van der Waals surface area contributed by atoms with Crippen molar-refractivity contribution in [1.29, 1.82) is 0 Å². The fraction of sp³-hybridized carbons (Fsp3) is 0.0588. The van der Waals surface area contributed by atoms with Crippen LogP contribution in [0.3, 0.4) is 0 Å². The fourth-order valence-corrected chi connectivity index (χ4v) is 3.69. The zero-order valence-electron chi connectivity index (χ0n) is 12.4. The monoisotopic (exact) mass is 486 g/mol. The Bertz CT molecular complexity index is 902. The molecule has 3 aromatic rings. The second kappa shape index (κ2) is 7.40. The summed E-state index contributed by atoms with van der Waals surface area (Å²) in [5.41, 5.74) is 3.48. The number of nitrogens with zero attached hydrogens (tertiary/aromatic N) is 2. The Balaban J connectivity index is 2.29. The predicted molar refractivity (Wildman–Crippen MR) is 105 cm³/mol. The highest BCUT2D eigenvalue weighted by atomic mass is 79.9. The molecule has 0 aliphatic carbocycles. The third-order valence-electron chi connectivity index (χ3n) is 3.46. The van der Waals surface area contributed by atoms with Gasteiger partial charge in [-0.25, -0.2) is 9.97 Å². The van der Waals surface area contributed by atoms with Crippen LogP contribution in [0.1, 0.15) is 0 Å². The van der Waals surface area contributed by atoms with Gasteiger partial charge in [-0.15, -0.1) is 0 Å². The van der Waals surface area contributed by atoms with E-state index in [1.165, 1.54) is 0 Å². The van der Waals surface area contributed by atoms with Crippen molar-refractivity contribution in [1.82, 2.24) is 9.97 Å². The van der Waals surface area contributed by atoms with Crippen molar-refractivity contribution in [3.8, 4) is 28.0 Å². The molecule has 1 aromatic carbocycles. The van der Waals surface area contributed by atoms with Crippen molar-refractivity contribution in [2.75, 3.05) is 7.11 Å². The first-order valence-electron chi connectivity index (χ1n) is 6.81. The van der Waals surface area contributed by atoms with Gasteiger partial charge in [0.1, 0.15) is 16.1 Å². The molecule has 2 aromatic heterocycles. The van der Waals surface area contributed by atoms with Crippen LogP contribution in [0.4, 0.5) is 0 Å².